The Balaban J connectivity index is -0.000000158. The largest absolute Gasteiger partial charge is 1.00 e. The average Bonchev–Trinajstić information content (AvgIpc) is 2.89. The topological polar surface area (TPSA) is 172 Å². The molecule has 3 N–H and O–H groups in total. The van der Waals surface area contributed by atoms with Gasteiger partial charge < -0.3 is 41.1 Å². The average molecular weight is 885 g/mol. The minimum absolute atomic E-state index is 0. The number of rotatable bonds is 5. The number of benzene rings is 2. The van der Waals surface area contributed by atoms with E-state index in [1.54, 1.807) is 60.6 Å². The minimum Gasteiger partial charge on any atom is -1.00 e. The van der Waals surface area contributed by atoms with Crippen LogP contribution in [0.3, 0.4) is 0 Å². The number of carbonyl (C=O) groups is 3. The number of alkyl halides is 1. The zero-order valence-electron chi connectivity index (χ0n) is 26.9. The van der Waals surface area contributed by atoms with E-state index in [9.17, 15) is 14.7 Å². The van der Waals surface area contributed by atoms with Crippen molar-refractivity contribution < 1.29 is 193 Å². The third-order valence-electron chi connectivity index (χ3n) is 5.19. The summed E-state index contributed by atoms with van der Waals surface area (Å²) in [6.07, 6.45) is 0. The van der Waals surface area contributed by atoms with E-state index in [0.717, 1.165) is 22.3 Å². The smallest absolute Gasteiger partial charge is 1.00 e. The van der Waals surface area contributed by atoms with Gasteiger partial charge in [-0.25, -0.2) is 4.79 Å². The van der Waals surface area contributed by atoms with Crippen LogP contribution in [-0.4, -0.2) is 57.9 Å². The van der Waals surface area contributed by atoms with E-state index in [1.165, 1.54) is 26.4 Å². The Morgan fingerprint density at radius 1 is 0.780 bits per heavy atom. The van der Waals surface area contributed by atoms with Crippen molar-refractivity contribution in [2.24, 2.45) is 0 Å². The van der Waals surface area contributed by atoms with Crippen LogP contribution in [0.15, 0.2) is 24.3 Å². The summed E-state index contributed by atoms with van der Waals surface area (Å²) in [7, 11) is 2.69. The van der Waals surface area contributed by atoms with Crippen LogP contribution in [0.4, 0.5) is 0 Å². The SMILES string of the molecule is COC(=O)C(C)(C)Br.COC(=O)C(C)(C)Oc1ccc(O)c(C)c1C.Cc1c(O)ccc(O)c1C.O=CO[O-].[Cs+].[Cs+].[H-]. The van der Waals surface area contributed by atoms with Crippen LogP contribution in [0.5, 0.6) is 23.0 Å². The summed E-state index contributed by atoms with van der Waals surface area (Å²) in [6.45, 7) is 13.7. The first-order chi connectivity index (χ1) is 17.8. The summed E-state index contributed by atoms with van der Waals surface area (Å²) in [6, 6.07) is 6.16. The molecule has 14 heteroatoms. The zero-order valence-corrected chi connectivity index (χ0v) is 40.0. The summed E-state index contributed by atoms with van der Waals surface area (Å²) < 4.78 is 14.2. The van der Waals surface area contributed by atoms with Crippen LogP contribution in [0.1, 0.15) is 51.4 Å². The summed E-state index contributed by atoms with van der Waals surface area (Å²) in [5, 5.41) is 36.2. The summed E-state index contributed by atoms with van der Waals surface area (Å²) in [5.74, 6) is 0.548. The number of ether oxygens (including phenoxy) is 3. The summed E-state index contributed by atoms with van der Waals surface area (Å²) in [5.41, 5.74) is 1.97. The molecule has 11 nitrogen and oxygen atoms in total. The number of esters is 2. The number of phenols is 3. The second-order valence-corrected chi connectivity index (χ2v) is 10.9. The number of hydrogen-bond acceptors (Lipinski definition) is 11. The van der Waals surface area contributed by atoms with Crippen molar-refractivity contribution in [1.82, 2.24) is 0 Å². The third kappa shape index (κ3) is 18.9. The van der Waals surface area contributed by atoms with Crippen molar-refractivity contribution in [2.45, 2.75) is 65.3 Å². The van der Waals surface area contributed by atoms with Crippen LogP contribution in [0, 0.1) is 27.7 Å². The van der Waals surface area contributed by atoms with Gasteiger partial charge in [0.25, 0.3) is 6.47 Å². The Hall–Kier alpha value is 0.594. The van der Waals surface area contributed by atoms with E-state index in [-0.39, 0.29) is 169 Å². The number of aromatic hydroxyl groups is 3. The van der Waals surface area contributed by atoms with Crippen LogP contribution < -0.4 is 148 Å². The standard InChI is InChI=1S/C13H18O4.C8H10O2.C5H9BrO2.CH2O3.2Cs.H/c1-8-9(2)11(7-6-10(8)14)17-13(3,4)12(15)16-5;1-5-6(2)8(10)4-3-7(5)9;1-5(2,6)4(7)8-3;2-1-4-3;;;/h6-7,14H,1-5H3;3-4,9-10H,1-2H3;1-3H3;1,3H;;;/q;;;;2*+1;-1/p-1. The van der Waals surface area contributed by atoms with Gasteiger partial charge in [0.1, 0.15) is 27.3 Å². The second-order valence-electron chi connectivity index (χ2n) is 8.95. The molecule has 0 aliphatic heterocycles. The van der Waals surface area contributed by atoms with Crippen molar-refractivity contribution in [3.63, 3.8) is 0 Å². The number of carbonyl (C=O) groups excluding carboxylic acids is 3. The van der Waals surface area contributed by atoms with Gasteiger partial charge in [0.05, 0.1) is 14.2 Å². The van der Waals surface area contributed by atoms with Crippen LogP contribution in [0.2, 0.25) is 0 Å². The van der Waals surface area contributed by atoms with Gasteiger partial charge in [0.2, 0.25) is 0 Å². The number of phenolic OH excluding ortho intramolecular Hbond substituents is 3. The number of methoxy groups -OCH3 is 2. The molecule has 0 heterocycles. The molecule has 0 saturated carbocycles. The maximum Gasteiger partial charge on any atom is 1.00 e. The molecular weight excluding hydrogens is 846 g/mol. The molecule has 0 spiro atoms. The quantitative estimate of drug-likeness (QED) is 0.0754. The van der Waals surface area contributed by atoms with Crippen molar-refractivity contribution in [3.8, 4) is 23.0 Å². The van der Waals surface area contributed by atoms with E-state index in [1.807, 2.05) is 6.92 Å². The molecule has 0 aliphatic carbocycles. The Labute approximate surface area is 369 Å². The van der Waals surface area contributed by atoms with Gasteiger partial charge in [-0.1, -0.05) is 15.9 Å². The van der Waals surface area contributed by atoms with Crippen LogP contribution in [-0.2, 0) is 28.7 Å². The maximum absolute atomic E-state index is 11.5. The Kier molecular flexibility index (Phi) is 28.3. The molecule has 222 valence electrons. The van der Waals surface area contributed by atoms with Crippen molar-refractivity contribution >= 4 is 34.3 Å². The van der Waals surface area contributed by atoms with E-state index in [4.69, 9.17) is 25.0 Å². The Bertz CT molecular complexity index is 1080. The van der Waals surface area contributed by atoms with Crippen molar-refractivity contribution in [3.05, 3.63) is 46.5 Å². The second kappa shape index (κ2) is 23.9. The van der Waals surface area contributed by atoms with E-state index < -0.39 is 15.9 Å². The van der Waals surface area contributed by atoms with Gasteiger partial charge >= 0.3 is 150 Å². The molecule has 2 rings (SSSR count). The Morgan fingerprint density at radius 3 is 1.37 bits per heavy atom. The van der Waals surface area contributed by atoms with Gasteiger partial charge in [0.15, 0.2) is 5.60 Å². The van der Waals surface area contributed by atoms with Gasteiger partial charge in [-0.2, -0.15) is 0 Å². The molecule has 0 unspecified atom stereocenters. The van der Waals surface area contributed by atoms with Gasteiger partial charge in [0, 0.05) is 0 Å². The third-order valence-corrected chi connectivity index (χ3v) is 5.51. The molecule has 0 aliphatic rings. The van der Waals surface area contributed by atoms with E-state index in [0.29, 0.717) is 5.75 Å². The summed E-state index contributed by atoms with van der Waals surface area (Å²) in [4.78, 5) is 33.3. The van der Waals surface area contributed by atoms with Gasteiger partial charge in [-0.3, -0.25) is 9.59 Å². The van der Waals surface area contributed by atoms with Crippen molar-refractivity contribution in [1.29, 1.82) is 0 Å². The fourth-order valence-corrected chi connectivity index (χ4v) is 2.65. The normalized spacial score (nSPS) is 9.66. The first-order valence-electron chi connectivity index (χ1n) is 11.4. The Morgan fingerprint density at radius 2 is 1.10 bits per heavy atom. The molecule has 0 bridgehead atoms. The fraction of sp³-hybridized carbons (Fsp3) is 0.444. The van der Waals surface area contributed by atoms with Gasteiger partial charge in [-0.15, -0.1) is 0 Å². The molecule has 2 aromatic rings. The molecule has 41 heavy (non-hydrogen) atoms. The zero-order chi connectivity index (χ0) is 31.1. The molecule has 2 aromatic carbocycles. The molecule has 0 amide bonds. The first-order valence-corrected chi connectivity index (χ1v) is 12.2. The fourth-order valence-electron chi connectivity index (χ4n) is 2.49. The van der Waals surface area contributed by atoms with Gasteiger partial charge in [-0.05, 0) is 102 Å². The molecule has 0 radical (unpaired) electrons. The molecular formula is C27H39BrCs2O11. The first kappa shape index (κ1) is 48.5. The van der Waals surface area contributed by atoms with Crippen molar-refractivity contribution in [2.75, 3.05) is 14.2 Å². The van der Waals surface area contributed by atoms with E-state index >= 15 is 0 Å². The predicted molar refractivity (Wildman–Crippen MR) is 147 cm³/mol. The number of halogens is 1. The van der Waals surface area contributed by atoms with Crippen LogP contribution >= 0.6 is 15.9 Å². The maximum atomic E-state index is 11.5. The predicted octanol–water partition coefficient (Wildman–Crippen LogP) is -2.06. The van der Waals surface area contributed by atoms with Crippen LogP contribution in [0.25, 0.3) is 0 Å². The number of hydrogen-bond donors (Lipinski definition) is 3. The molecule has 0 aromatic heterocycles. The summed E-state index contributed by atoms with van der Waals surface area (Å²) >= 11 is 3.13. The molecule has 0 saturated heterocycles. The monoisotopic (exact) mass is 884 g/mol. The van der Waals surface area contributed by atoms with E-state index in [2.05, 4.69) is 30.3 Å². The molecule has 0 atom stereocenters. The minimum atomic E-state index is -1.05. The molecule has 0 fully saturated rings.